The number of carboxylic acids is 1. The Morgan fingerprint density at radius 3 is 2.35 bits per heavy atom. The van der Waals surface area contributed by atoms with E-state index in [2.05, 4.69) is 10.0 Å². The molecular weight excluding hydrogens is 456 g/mol. The lowest BCUT2D eigenvalue weighted by atomic mass is 10.1. The van der Waals surface area contributed by atoms with E-state index in [0.29, 0.717) is 50.5 Å². The summed E-state index contributed by atoms with van der Waals surface area (Å²) >= 11 is 0. The number of sulfonamides is 1. The third kappa shape index (κ3) is 6.27. The standard InChI is InChI=1S/C24H32N4O5S/c1-4-9-25-23(29)16-27-10-12-28(13-11-27)21-7-6-19(24(30)31)15-20(21)26-34(32,33)22-8-5-17(2)14-18(22)3/h5-8,14-15,26H,4,9-13,16H2,1-3H3,(H,25,29)(H,30,31). The van der Waals surface area contributed by atoms with Gasteiger partial charge in [-0.25, -0.2) is 13.2 Å². The fourth-order valence-corrected chi connectivity index (χ4v) is 5.29. The molecule has 0 radical (unpaired) electrons. The number of benzene rings is 2. The van der Waals surface area contributed by atoms with Crippen molar-refractivity contribution in [3.8, 4) is 0 Å². The summed E-state index contributed by atoms with van der Waals surface area (Å²) in [5.74, 6) is -1.15. The Balaban J connectivity index is 1.81. The number of carbonyl (C=O) groups is 2. The Labute approximate surface area is 200 Å². The second-order valence-electron chi connectivity index (χ2n) is 8.52. The van der Waals surface area contributed by atoms with Crippen LogP contribution in [-0.4, -0.2) is 69.6 Å². The fraction of sp³-hybridized carbons (Fsp3) is 0.417. The van der Waals surface area contributed by atoms with E-state index in [1.54, 1.807) is 31.2 Å². The largest absolute Gasteiger partial charge is 0.478 e. The molecule has 1 saturated heterocycles. The number of nitrogens with one attached hydrogen (secondary N) is 2. The SMILES string of the molecule is CCCNC(=O)CN1CCN(c2ccc(C(=O)O)cc2NS(=O)(=O)c2ccc(C)cc2C)CC1. The number of carboxylic acid groups (broad SMARTS) is 1. The van der Waals surface area contributed by atoms with Gasteiger partial charge < -0.3 is 15.3 Å². The number of nitrogens with zero attached hydrogens (tertiary/aromatic N) is 2. The molecule has 1 aliphatic heterocycles. The lowest BCUT2D eigenvalue weighted by Gasteiger charge is -2.36. The highest BCUT2D eigenvalue weighted by Crippen LogP contribution is 2.31. The topological polar surface area (TPSA) is 119 Å². The zero-order chi connectivity index (χ0) is 24.9. The van der Waals surface area contributed by atoms with E-state index >= 15 is 0 Å². The van der Waals surface area contributed by atoms with Gasteiger partial charge in [0, 0.05) is 32.7 Å². The number of hydrogen-bond donors (Lipinski definition) is 3. The van der Waals surface area contributed by atoms with Gasteiger partial charge in [-0.15, -0.1) is 0 Å². The first-order chi connectivity index (χ1) is 16.1. The first-order valence-electron chi connectivity index (χ1n) is 11.3. The fourth-order valence-electron chi connectivity index (χ4n) is 4.00. The Morgan fingerprint density at radius 2 is 1.74 bits per heavy atom. The van der Waals surface area contributed by atoms with E-state index in [-0.39, 0.29) is 22.1 Å². The summed E-state index contributed by atoms with van der Waals surface area (Å²) in [5, 5.41) is 12.3. The van der Waals surface area contributed by atoms with Gasteiger partial charge >= 0.3 is 5.97 Å². The van der Waals surface area contributed by atoms with Gasteiger partial charge in [0.1, 0.15) is 0 Å². The van der Waals surface area contributed by atoms with E-state index in [1.807, 2.05) is 23.6 Å². The molecule has 3 N–H and O–H groups in total. The summed E-state index contributed by atoms with van der Waals surface area (Å²) < 4.78 is 29.0. The molecule has 2 aromatic carbocycles. The van der Waals surface area contributed by atoms with Crippen molar-refractivity contribution in [3.63, 3.8) is 0 Å². The number of piperazine rings is 1. The summed E-state index contributed by atoms with van der Waals surface area (Å²) in [6.07, 6.45) is 0.882. The lowest BCUT2D eigenvalue weighted by Crippen LogP contribution is -2.49. The van der Waals surface area contributed by atoms with Gasteiger partial charge in [-0.1, -0.05) is 24.6 Å². The van der Waals surface area contributed by atoms with Crippen molar-refractivity contribution >= 4 is 33.3 Å². The van der Waals surface area contributed by atoms with Gasteiger partial charge in [0.15, 0.2) is 0 Å². The second-order valence-corrected chi connectivity index (χ2v) is 10.2. The molecule has 0 saturated carbocycles. The van der Waals surface area contributed by atoms with Crippen LogP contribution < -0.4 is 14.9 Å². The van der Waals surface area contributed by atoms with E-state index in [4.69, 9.17) is 0 Å². The molecule has 1 aliphatic rings. The van der Waals surface area contributed by atoms with Crippen molar-refractivity contribution in [1.82, 2.24) is 10.2 Å². The molecule has 2 aromatic rings. The number of aromatic carboxylic acids is 1. The number of rotatable bonds is 9. The molecule has 1 amide bonds. The zero-order valence-corrected chi connectivity index (χ0v) is 20.6. The maximum Gasteiger partial charge on any atom is 0.335 e. The van der Waals surface area contributed by atoms with Crippen molar-refractivity contribution in [3.05, 3.63) is 53.1 Å². The first-order valence-corrected chi connectivity index (χ1v) is 12.8. The number of anilines is 2. The average Bonchev–Trinajstić information content (AvgIpc) is 2.77. The summed E-state index contributed by atoms with van der Waals surface area (Å²) in [6, 6.07) is 9.52. The lowest BCUT2D eigenvalue weighted by molar-refractivity contribution is -0.122. The number of carbonyl (C=O) groups excluding carboxylic acids is 1. The molecule has 184 valence electrons. The summed E-state index contributed by atoms with van der Waals surface area (Å²) in [5.41, 5.74) is 2.38. The van der Waals surface area contributed by atoms with Gasteiger partial charge in [-0.05, 0) is 50.1 Å². The molecule has 0 unspecified atom stereocenters. The van der Waals surface area contributed by atoms with Gasteiger partial charge in [-0.3, -0.25) is 14.4 Å². The third-order valence-electron chi connectivity index (χ3n) is 5.76. The van der Waals surface area contributed by atoms with Crippen molar-refractivity contribution in [2.24, 2.45) is 0 Å². The average molecular weight is 489 g/mol. The van der Waals surface area contributed by atoms with Crippen molar-refractivity contribution in [2.75, 3.05) is 48.9 Å². The Kier molecular flexibility index (Phi) is 8.16. The molecule has 0 aliphatic carbocycles. The van der Waals surface area contributed by atoms with Gasteiger partial charge in [0.2, 0.25) is 5.91 Å². The van der Waals surface area contributed by atoms with Crippen LogP contribution in [0, 0.1) is 13.8 Å². The quantitative estimate of drug-likeness (QED) is 0.496. The Bertz CT molecular complexity index is 1160. The predicted octanol–water partition coefficient (Wildman–Crippen LogP) is 2.45. The van der Waals surface area contributed by atoms with E-state index in [0.717, 1.165) is 12.0 Å². The molecular formula is C24H32N4O5S. The van der Waals surface area contributed by atoms with Crippen molar-refractivity contribution in [1.29, 1.82) is 0 Å². The summed E-state index contributed by atoms with van der Waals surface area (Å²) in [7, 11) is -3.93. The number of amides is 1. The zero-order valence-electron chi connectivity index (χ0n) is 19.8. The molecule has 1 heterocycles. The smallest absolute Gasteiger partial charge is 0.335 e. The third-order valence-corrected chi connectivity index (χ3v) is 7.29. The van der Waals surface area contributed by atoms with Crippen LogP contribution in [0.1, 0.15) is 34.8 Å². The van der Waals surface area contributed by atoms with Crippen LogP contribution >= 0.6 is 0 Å². The monoisotopic (exact) mass is 488 g/mol. The van der Waals surface area contributed by atoms with Gasteiger partial charge in [0.05, 0.1) is 28.4 Å². The summed E-state index contributed by atoms with van der Waals surface area (Å²) in [6.45, 7) is 8.99. The van der Waals surface area contributed by atoms with Crippen LogP contribution in [0.2, 0.25) is 0 Å². The maximum absolute atomic E-state index is 13.2. The number of hydrogen-bond acceptors (Lipinski definition) is 6. The molecule has 10 heteroatoms. The van der Waals surface area contributed by atoms with E-state index in [9.17, 15) is 23.1 Å². The molecule has 3 rings (SSSR count). The predicted molar refractivity (Wildman–Crippen MR) is 132 cm³/mol. The second kappa shape index (κ2) is 10.9. The van der Waals surface area contributed by atoms with Gasteiger partial charge in [0.25, 0.3) is 10.0 Å². The molecule has 1 fully saturated rings. The van der Waals surface area contributed by atoms with Crippen LogP contribution in [0.3, 0.4) is 0 Å². The Hall–Kier alpha value is -3.11. The molecule has 0 aromatic heterocycles. The van der Waals surface area contributed by atoms with E-state index < -0.39 is 16.0 Å². The normalized spacial score (nSPS) is 14.6. The van der Waals surface area contributed by atoms with Gasteiger partial charge in [-0.2, -0.15) is 0 Å². The highest BCUT2D eigenvalue weighted by molar-refractivity contribution is 7.92. The highest BCUT2D eigenvalue weighted by Gasteiger charge is 2.24. The maximum atomic E-state index is 13.2. The van der Waals surface area contributed by atoms with E-state index in [1.165, 1.54) is 12.1 Å². The van der Waals surface area contributed by atoms with Crippen LogP contribution in [0.4, 0.5) is 11.4 Å². The minimum Gasteiger partial charge on any atom is -0.478 e. The number of aryl methyl sites for hydroxylation is 2. The van der Waals surface area contributed by atoms with Crippen molar-refractivity contribution in [2.45, 2.75) is 32.1 Å². The molecule has 0 atom stereocenters. The molecule has 0 bridgehead atoms. The van der Waals surface area contributed by atoms with Crippen molar-refractivity contribution < 1.29 is 23.1 Å². The molecule has 9 nitrogen and oxygen atoms in total. The first kappa shape index (κ1) is 25.5. The molecule has 34 heavy (non-hydrogen) atoms. The summed E-state index contributed by atoms with van der Waals surface area (Å²) in [4.78, 5) is 27.8. The van der Waals surface area contributed by atoms with Crippen LogP contribution in [-0.2, 0) is 14.8 Å². The van der Waals surface area contributed by atoms with Crippen LogP contribution in [0.25, 0.3) is 0 Å². The highest BCUT2D eigenvalue weighted by atomic mass is 32.2. The Morgan fingerprint density at radius 1 is 1.03 bits per heavy atom. The minimum atomic E-state index is -3.93. The van der Waals surface area contributed by atoms with Crippen LogP contribution in [0.5, 0.6) is 0 Å². The van der Waals surface area contributed by atoms with Crippen LogP contribution in [0.15, 0.2) is 41.3 Å². The minimum absolute atomic E-state index is 0.00620. The molecule has 0 spiro atoms.